The molecule has 1 N–H and O–H groups in total. The molecule has 0 fully saturated rings. The first-order chi connectivity index (χ1) is 8.20. The van der Waals surface area contributed by atoms with E-state index in [0.29, 0.717) is 0 Å². The zero-order valence-corrected chi connectivity index (χ0v) is 10.6. The van der Waals surface area contributed by atoms with Gasteiger partial charge >= 0.3 is 0 Å². The van der Waals surface area contributed by atoms with Crippen molar-refractivity contribution in [1.82, 2.24) is 10.3 Å². The predicted octanol–water partition coefficient (Wildman–Crippen LogP) is 2.77. The Kier molecular flexibility index (Phi) is 3.71. The number of rotatable bonds is 4. The van der Waals surface area contributed by atoms with Gasteiger partial charge in [-0.05, 0) is 25.2 Å². The first-order valence-corrected chi connectivity index (χ1v) is 6.11. The van der Waals surface area contributed by atoms with Gasteiger partial charge in [-0.15, -0.1) is 11.3 Å². The van der Waals surface area contributed by atoms with E-state index in [4.69, 9.17) is 0 Å². The molecule has 2 rings (SSSR count). The molecule has 0 saturated heterocycles. The highest BCUT2D eigenvalue weighted by Crippen LogP contribution is 2.28. The van der Waals surface area contributed by atoms with Gasteiger partial charge in [0.05, 0.1) is 0 Å². The van der Waals surface area contributed by atoms with Gasteiger partial charge < -0.3 is 10.2 Å². The molecule has 90 valence electrons. The zero-order valence-electron chi connectivity index (χ0n) is 9.77. The van der Waals surface area contributed by atoms with E-state index in [2.05, 4.69) is 10.3 Å². The molecule has 5 heteroatoms. The highest BCUT2D eigenvalue weighted by atomic mass is 32.1. The van der Waals surface area contributed by atoms with Gasteiger partial charge in [0, 0.05) is 30.4 Å². The summed E-state index contributed by atoms with van der Waals surface area (Å²) in [5, 5.41) is 3.94. The molecule has 0 aliphatic rings. The Balaban J connectivity index is 2.21. The molecule has 0 spiro atoms. The minimum Gasteiger partial charge on any atom is -0.321 e. The normalized spacial score (nSPS) is 10.5. The van der Waals surface area contributed by atoms with Crippen LogP contribution in [0.15, 0.2) is 30.5 Å². The van der Waals surface area contributed by atoms with Crippen molar-refractivity contribution in [3.8, 4) is 0 Å². The van der Waals surface area contributed by atoms with Crippen molar-refractivity contribution in [3.05, 3.63) is 41.2 Å². The molecule has 2 aromatic rings. The first-order valence-electron chi connectivity index (χ1n) is 5.29. The molecule has 1 aromatic heterocycles. The number of thiazole rings is 1. The largest absolute Gasteiger partial charge is 0.321 e. The van der Waals surface area contributed by atoms with Crippen LogP contribution in [0.4, 0.5) is 15.2 Å². The van der Waals surface area contributed by atoms with E-state index >= 15 is 0 Å². The zero-order chi connectivity index (χ0) is 12.3. The van der Waals surface area contributed by atoms with Gasteiger partial charge in [0.25, 0.3) is 0 Å². The first kappa shape index (κ1) is 12.0. The fraction of sp³-hybridized carbons (Fsp3) is 0.250. The van der Waals surface area contributed by atoms with Crippen molar-refractivity contribution in [2.75, 3.05) is 19.0 Å². The third-order valence-electron chi connectivity index (χ3n) is 2.37. The Morgan fingerprint density at radius 1 is 1.47 bits per heavy atom. The van der Waals surface area contributed by atoms with Crippen LogP contribution in [0.25, 0.3) is 0 Å². The summed E-state index contributed by atoms with van der Waals surface area (Å²) >= 11 is 1.60. The molecule has 0 saturated carbocycles. The summed E-state index contributed by atoms with van der Waals surface area (Å²) in [6, 6.07) is 6.50. The second kappa shape index (κ2) is 5.25. The second-order valence-corrected chi connectivity index (χ2v) is 4.77. The van der Waals surface area contributed by atoms with Crippen LogP contribution < -0.4 is 10.2 Å². The fourth-order valence-corrected chi connectivity index (χ4v) is 2.41. The number of anilines is 2. The number of aromatic nitrogens is 1. The van der Waals surface area contributed by atoms with Gasteiger partial charge in [0.15, 0.2) is 5.13 Å². The molecular weight excluding hydrogens is 237 g/mol. The molecule has 0 amide bonds. The van der Waals surface area contributed by atoms with E-state index in [1.165, 1.54) is 12.1 Å². The summed E-state index contributed by atoms with van der Waals surface area (Å²) in [6.45, 7) is 0.800. The second-order valence-electron chi connectivity index (χ2n) is 3.68. The van der Waals surface area contributed by atoms with E-state index in [1.54, 1.807) is 17.4 Å². The van der Waals surface area contributed by atoms with Crippen molar-refractivity contribution in [2.24, 2.45) is 0 Å². The summed E-state index contributed by atoms with van der Waals surface area (Å²) in [7, 11) is 3.78. The van der Waals surface area contributed by atoms with Crippen molar-refractivity contribution in [1.29, 1.82) is 0 Å². The maximum Gasteiger partial charge on any atom is 0.189 e. The van der Waals surface area contributed by atoms with Gasteiger partial charge in [0.2, 0.25) is 0 Å². The van der Waals surface area contributed by atoms with Gasteiger partial charge in [-0.2, -0.15) is 0 Å². The summed E-state index contributed by atoms with van der Waals surface area (Å²) in [4.78, 5) is 7.36. The van der Waals surface area contributed by atoms with Crippen molar-refractivity contribution in [2.45, 2.75) is 6.54 Å². The smallest absolute Gasteiger partial charge is 0.189 e. The topological polar surface area (TPSA) is 28.2 Å². The van der Waals surface area contributed by atoms with Gasteiger partial charge in [-0.1, -0.05) is 6.07 Å². The Morgan fingerprint density at radius 2 is 2.29 bits per heavy atom. The maximum absolute atomic E-state index is 13.1. The van der Waals surface area contributed by atoms with Gasteiger partial charge in [-0.25, -0.2) is 9.37 Å². The molecule has 0 bridgehead atoms. The summed E-state index contributed by atoms with van der Waals surface area (Å²) in [5.41, 5.74) is 0.801. The average Bonchev–Trinajstić information content (AvgIpc) is 2.77. The molecule has 0 atom stereocenters. The third kappa shape index (κ3) is 2.81. The number of hydrogen-bond acceptors (Lipinski definition) is 4. The molecule has 0 aliphatic carbocycles. The van der Waals surface area contributed by atoms with E-state index in [1.807, 2.05) is 31.3 Å². The lowest BCUT2D eigenvalue weighted by Gasteiger charge is -2.15. The molecule has 0 aliphatic heterocycles. The molecule has 1 aromatic carbocycles. The molecule has 0 radical (unpaired) electrons. The summed E-state index contributed by atoms with van der Waals surface area (Å²) in [5.74, 6) is -0.235. The van der Waals surface area contributed by atoms with Crippen molar-refractivity contribution >= 4 is 22.2 Å². The van der Waals surface area contributed by atoms with E-state index < -0.39 is 0 Å². The van der Waals surface area contributed by atoms with Crippen LogP contribution >= 0.6 is 11.3 Å². The fourth-order valence-electron chi connectivity index (χ4n) is 1.50. The van der Waals surface area contributed by atoms with Crippen molar-refractivity contribution in [3.63, 3.8) is 0 Å². The summed E-state index contributed by atoms with van der Waals surface area (Å²) < 4.78 is 13.1. The quantitative estimate of drug-likeness (QED) is 0.905. The minimum absolute atomic E-state index is 0.235. The van der Waals surface area contributed by atoms with Gasteiger partial charge in [-0.3, -0.25) is 0 Å². The van der Waals surface area contributed by atoms with Crippen LogP contribution in [-0.2, 0) is 6.54 Å². The van der Waals surface area contributed by atoms with Crippen LogP contribution in [0.2, 0.25) is 0 Å². The van der Waals surface area contributed by atoms with Crippen LogP contribution in [0, 0.1) is 5.82 Å². The number of benzene rings is 1. The Morgan fingerprint density at radius 3 is 3.00 bits per heavy atom. The molecule has 3 nitrogen and oxygen atoms in total. The lowest BCUT2D eigenvalue weighted by Crippen LogP contribution is -2.08. The summed E-state index contributed by atoms with van der Waals surface area (Å²) in [6.07, 6.45) is 1.84. The number of nitrogens with zero attached hydrogens (tertiary/aromatic N) is 2. The van der Waals surface area contributed by atoms with E-state index in [-0.39, 0.29) is 5.82 Å². The number of nitrogens with one attached hydrogen (secondary N) is 1. The predicted molar refractivity (Wildman–Crippen MR) is 69.3 cm³/mol. The average molecular weight is 251 g/mol. The van der Waals surface area contributed by atoms with Crippen LogP contribution in [0.3, 0.4) is 0 Å². The van der Waals surface area contributed by atoms with Crippen molar-refractivity contribution < 1.29 is 4.39 Å². The van der Waals surface area contributed by atoms with Crippen LogP contribution in [0.5, 0.6) is 0 Å². The molecule has 1 heterocycles. The maximum atomic E-state index is 13.1. The van der Waals surface area contributed by atoms with Crippen LogP contribution in [-0.4, -0.2) is 19.1 Å². The lowest BCUT2D eigenvalue weighted by atomic mass is 10.3. The van der Waals surface area contributed by atoms with Crippen LogP contribution in [0.1, 0.15) is 4.88 Å². The standard InChI is InChI=1S/C12H14FN3S/c1-14-7-11-8-15-12(17-11)16(2)10-5-3-4-9(13)6-10/h3-6,8,14H,7H2,1-2H3. The Labute approximate surface area is 104 Å². The SMILES string of the molecule is CNCc1cnc(N(C)c2cccc(F)c2)s1. The number of hydrogen-bond donors (Lipinski definition) is 1. The molecular formula is C12H14FN3S. The Bertz CT molecular complexity index is 498. The Hall–Kier alpha value is -1.46. The molecule has 17 heavy (non-hydrogen) atoms. The van der Waals surface area contributed by atoms with Gasteiger partial charge in [0.1, 0.15) is 5.82 Å². The van der Waals surface area contributed by atoms with E-state index in [0.717, 1.165) is 22.2 Å². The highest BCUT2D eigenvalue weighted by molar-refractivity contribution is 7.15. The van der Waals surface area contributed by atoms with E-state index in [9.17, 15) is 4.39 Å². The molecule has 0 unspecified atom stereocenters. The third-order valence-corrected chi connectivity index (χ3v) is 3.45. The monoisotopic (exact) mass is 251 g/mol. The number of halogens is 1. The minimum atomic E-state index is -0.235. The lowest BCUT2D eigenvalue weighted by molar-refractivity contribution is 0.628. The highest BCUT2D eigenvalue weighted by Gasteiger charge is 2.09.